The van der Waals surface area contributed by atoms with Crippen molar-refractivity contribution in [2.45, 2.75) is 31.9 Å². The van der Waals surface area contributed by atoms with Gasteiger partial charge in [0.1, 0.15) is 0 Å². The fourth-order valence-electron chi connectivity index (χ4n) is 2.40. The summed E-state index contributed by atoms with van der Waals surface area (Å²) in [6.07, 6.45) is 0.527. The van der Waals surface area contributed by atoms with Crippen LogP contribution in [-0.2, 0) is 4.74 Å². The predicted molar refractivity (Wildman–Crippen MR) is 65.8 cm³/mol. The Hall–Kier alpha value is -1.32. The Balaban J connectivity index is 2.62. The molecule has 0 aromatic rings. The molecule has 0 radical (unpaired) electrons. The fourth-order valence-corrected chi connectivity index (χ4v) is 2.40. The molecule has 1 rings (SSSR count). The number of rotatable bonds is 4. The molecule has 0 aromatic carbocycles. The molecule has 0 bridgehead atoms. The number of hydrogen-bond donors (Lipinski definition) is 2. The molecule has 6 nitrogen and oxygen atoms in total. The van der Waals surface area contributed by atoms with Crippen molar-refractivity contribution in [1.29, 1.82) is 5.26 Å². The molecule has 3 unspecified atom stereocenters. The van der Waals surface area contributed by atoms with Crippen molar-refractivity contribution in [3.8, 4) is 6.07 Å². The Labute approximate surface area is 108 Å². The number of aliphatic hydroxyl groups is 1. The number of aliphatic hydroxyl groups excluding tert-OH is 1. The molecule has 1 aliphatic heterocycles. The van der Waals surface area contributed by atoms with Gasteiger partial charge in [0.15, 0.2) is 0 Å². The summed E-state index contributed by atoms with van der Waals surface area (Å²) < 4.78 is 4.57. The maximum atomic E-state index is 11.2. The zero-order valence-corrected chi connectivity index (χ0v) is 10.9. The Morgan fingerprint density at radius 2 is 2.39 bits per heavy atom. The Kier molecular flexibility index (Phi) is 5.89. The van der Waals surface area contributed by atoms with Crippen molar-refractivity contribution >= 4 is 6.09 Å². The van der Waals surface area contributed by atoms with Crippen LogP contribution >= 0.6 is 0 Å². The van der Waals surface area contributed by atoms with Crippen LogP contribution in [0.25, 0.3) is 0 Å². The Morgan fingerprint density at radius 1 is 1.67 bits per heavy atom. The van der Waals surface area contributed by atoms with E-state index in [-0.39, 0.29) is 12.0 Å². The van der Waals surface area contributed by atoms with Crippen LogP contribution < -0.4 is 5.32 Å². The van der Waals surface area contributed by atoms with Gasteiger partial charge >= 0.3 is 6.09 Å². The van der Waals surface area contributed by atoms with Crippen molar-refractivity contribution in [3.63, 3.8) is 0 Å². The third kappa shape index (κ3) is 4.17. The number of methoxy groups -OCH3 is 1. The number of amides is 1. The van der Waals surface area contributed by atoms with Gasteiger partial charge < -0.3 is 15.2 Å². The summed E-state index contributed by atoms with van der Waals surface area (Å²) in [4.78, 5) is 13.2. The van der Waals surface area contributed by atoms with Crippen LogP contribution in [0.1, 0.15) is 19.8 Å². The molecule has 1 fully saturated rings. The zero-order valence-electron chi connectivity index (χ0n) is 10.9. The van der Waals surface area contributed by atoms with E-state index in [0.29, 0.717) is 32.5 Å². The van der Waals surface area contributed by atoms with Crippen LogP contribution in [0, 0.1) is 17.2 Å². The third-order valence-electron chi connectivity index (χ3n) is 3.32. The molecule has 1 saturated heterocycles. The molecule has 0 aliphatic carbocycles. The largest absolute Gasteiger partial charge is 0.453 e. The molecular weight excluding hydrogens is 234 g/mol. The molecular formula is C12H21N3O3. The number of likely N-dealkylation sites (tertiary alicyclic amines) is 1. The van der Waals surface area contributed by atoms with Crippen LogP contribution in [0.15, 0.2) is 0 Å². The summed E-state index contributed by atoms with van der Waals surface area (Å²) >= 11 is 0. The number of nitrogens with one attached hydrogen (secondary N) is 1. The maximum Gasteiger partial charge on any atom is 0.407 e. The number of carbonyl (C=O) groups excluding carboxylic acids is 1. The first-order chi connectivity index (χ1) is 8.60. The minimum Gasteiger partial charge on any atom is -0.453 e. The number of ether oxygens (including phenoxy) is 1. The lowest BCUT2D eigenvalue weighted by Crippen LogP contribution is -2.53. The summed E-state index contributed by atoms with van der Waals surface area (Å²) in [5.41, 5.74) is 0. The highest BCUT2D eigenvalue weighted by molar-refractivity contribution is 5.67. The Bertz CT molecular complexity index is 316. The highest BCUT2D eigenvalue weighted by Gasteiger charge is 2.31. The second-order valence-corrected chi connectivity index (χ2v) is 4.66. The molecule has 1 amide bonds. The first-order valence-corrected chi connectivity index (χ1v) is 6.22. The van der Waals surface area contributed by atoms with Crippen LogP contribution in [0.3, 0.4) is 0 Å². The van der Waals surface area contributed by atoms with E-state index in [0.717, 1.165) is 0 Å². The first-order valence-electron chi connectivity index (χ1n) is 6.22. The van der Waals surface area contributed by atoms with E-state index in [9.17, 15) is 9.90 Å². The molecule has 0 spiro atoms. The van der Waals surface area contributed by atoms with Gasteiger partial charge in [-0.3, -0.25) is 4.90 Å². The van der Waals surface area contributed by atoms with Crippen LogP contribution in [0.5, 0.6) is 0 Å². The van der Waals surface area contributed by atoms with E-state index >= 15 is 0 Å². The lowest BCUT2D eigenvalue weighted by Gasteiger charge is -2.38. The van der Waals surface area contributed by atoms with Crippen LogP contribution in [0.2, 0.25) is 0 Å². The topological polar surface area (TPSA) is 85.6 Å². The third-order valence-corrected chi connectivity index (χ3v) is 3.32. The summed E-state index contributed by atoms with van der Waals surface area (Å²) in [5, 5.41) is 21.4. The lowest BCUT2D eigenvalue weighted by molar-refractivity contribution is 0.0396. The highest BCUT2D eigenvalue weighted by Crippen LogP contribution is 2.21. The number of piperidine rings is 1. The molecule has 3 atom stereocenters. The molecule has 2 N–H and O–H groups in total. The van der Waals surface area contributed by atoms with E-state index in [1.165, 1.54) is 7.11 Å². The Morgan fingerprint density at radius 3 is 2.94 bits per heavy atom. The standard InChI is InChI=1S/C12H21N3O3/c1-3-11(16)9-6-10(14-12(17)18-2)8-15(7-9)5-4-13/h9-11,16H,3,5-8H2,1-2H3,(H,14,17). The van der Waals surface area contributed by atoms with Crippen LogP contribution in [-0.4, -0.2) is 55.0 Å². The molecule has 0 aromatic heterocycles. The van der Waals surface area contributed by atoms with Gasteiger partial charge in [0, 0.05) is 19.1 Å². The quantitative estimate of drug-likeness (QED) is 0.707. The van der Waals surface area contributed by atoms with Gasteiger partial charge in [0.2, 0.25) is 0 Å². The molecule has 0 saturated carbocycles. The van der Waals surface area contributed by atoms with Gasteiger partial charge in [-0.1, -0.05) is 6.92 Å². The second-order valence-electron chi connectivity index (χ2n) is 4.66. The zero-order chi connectivity index (χ0) is 13.5. The lowest BCUT2D eigenvalue weighted by atomic mass is 9.88. The van der Waals surface area contributed by atoms with Gasteiger partial charge in [-0.2, -0.15) is 5.26 Å². The van der Waals surface area contributed by atoms with Crippen molar-refractivity contribution in [2.24, 2.45) is 5.92 Å². The van der Waals surface area contributed by atoms with E-state index in [2.05, 4.69) is 16.1 Å². The maximum absolute atomic E-state index is 11.2. The fraction of sp³-hybridized carbons (Fsp3) is 0.833. The number of alkyl carbamates (subject to hydrolysis) is 1. The molecule has 18 heavy (non-hydrogen) atoms. The summed E-state index contributed by atoms with van der Waals surface area (Å²) in [6.45, 7) is 3.56. The average Bonchev–Trinajstić information content (AvgIpc) is 2.37. The number of carbonyl (C=O) groups is 1. The molecule has 1 aliphatic rings. The number of nitriles is 1. The van der Waals surface area contributed by atoms with Crippen molar-refractivity contribution in [1.82, 2.24) is 10.2 Å². The highest BCUT2D eigenvalue weighted by atomic mass is 16.5. The molecule has 102 valence electrons. The average molecular weight is 255 g/mol. The first kappa shape index (κ1) is 14.7. The number of nitrogens with zero attached hydrogens (tertiary/aromatic N) is 2. The van der Waals surface area contributed by atoms with Crippen molar-refractivity contribution in [2.75, 3.05) is 26.7 Å². The van der Waals surface area contributed by atoms with Gasteiger partial charge in [0.05, 0.1) is 25.8 Å². The van der Waals surface area contributed by atoms with Gasteiger partial charge in [-0.15, -0.1) is 0 Å². The summed E-state index contributed by atoms with van der Waals surface area (Å²) in [5.74, 6) is 0.0826. The second kappa shape index (κ2) is 7.19. The number of hydrogen-bond acceptors (Lipinski definition) is 5. The van der Waals surface area contributed by atoms with E-state index in [4.69, 9.17) is 5.26 Å². The summed E-state index contributed by atoms with van der Waals surface area (Å²) in [7, 11) is 1.32. The van der Waals surface area contributed by atoms with Crippen molar-refractivity contribution < 1.29 is 14.6 Å². The molecule has 1 heterocycles. The van der Waals surface area contributed by atoms with Crippen LogP contribution in [0.4, 0.5) is 4.79 Å². The monoisotopic (exact) mass is 255 g/mol. The smallest absolute Gasteiger partial charge is 0.407 e. The van der Waals surface area contributed by atoms with E-state index < -0.39 is 12.2 Å². The minimum absolute atomic E-state index is 0.0780. The molecule has 6 heteroatoms. The van der Waals surface area contributed by atoms with Crippen molar-refractivity contribution in [3.05, 3.63) is 0 Å². The van der Waals surface area contributed by atoms with E-state index in [1.54, 1.807) is 0 Å². The minimum atomic E-state index is -0.469. The summed E-state index contributed by atoms with van der Waals surface area (Å²) in [6, 6.07) is 2.03. The normalized spacial score (nSPS) is 26.1. The predicted octanol–water partition coefficient (Wildman–Crippen LogP) is 0.327. The van der Waals surface area contributed by atoms with Gasteiger partial charge in [0.25, 0.3) is 0 Å². The SMILES string of the molecule is CCC(O)C1CC(NC(=O)OC)CN(CC#N)C1. The van der Waals surface area contributed by atoms with Gasteiger partial charge in [-0.05, 0) is 18.8 Å². The van der Waals surface area contributed by atoms with Gasteiger partial charge in [-0.25, -0.2) is 4.79 Å². The van der Waals surface area contributed by atoms with E-state index in [1.807, 2.05) is 11.8 Å².